The lowest BCUT2D eigenvalue weighted by Gasteiger charge is -2.09. The lowest BCUT2D eigenvalue weighted by Crippen LogP contribution is -2.00. The van der Waals surface area contributed by atoms with Gasteiger partial charge in [-0.15, -0.1) is 0 Å². The van der Waals surface area contributed by atoms with Crippen LogP contribution in [0, 0.1) is 0 Å². The fourth-order valence-electron chi connectivity index (χ4n) is 2.16. The summed E-state index contributed by atoms with van der Waals surface area (Å²) >= 11 is 6.20. The van der Waals surface area contributed by atoms with Crippen LogP contribution in [0.3, 0.4) is 0 Å². The van der Waals surface area contributed by atoms with E-state index in [-0.39, 0.29) is 5.57 Å². The van der Waals surface area contributed by atoms with Gasteiger partial charge in [-0.25, -0.2) is 4.79 Å². The monoisotopic (exact) mass is 346 g/mol. The maximum absolute atomic E-state index is 11.6. The molecule has 2 aromatic rings. The van der Waals surface area contributed by atoms with Crippen molar-refractivity contribution in [2.24, 2.45) is 0 Å². The number of aliphatic carboxylic acids is 1. The first-order valence-corrected chi connectivity index (χ1v) is 7.94. The highest BCUT2D eigenvalue weighted by molar-refractivity contribution is 6.32. The third kappa shape index (κ3) is 4.52. The molecular formula is C19H19ClO4. The number of rotatable bonds is 7. The molecule has 0 radical (unpaired) electrons. The van der Waals surface area contributed by atoms with Crippen LogP contribution < -0.4 is 9.47 Å². The van der Waals surface area contributed by atoms with Crippen LogP contribution in [-0.2, 0) is 4.79 Å². The summed E-state index contributed by atoms with van der Waals surface area (Å²) in [6.07, 6.45) is 2.46. The fourth-order valence-corrected chi connectivity index (χ4v) is 2.41. The van der Waals surface area contributed by atoms with Gasteiger partial charge in [0.05, 0.1) is 24.3 Å². The van der Waals surface area contributed by atoms with Crippen molar-refractivity contribution in [3.05, 3.63) is 58.6 Å². The van der Waals surface area contributed by atoms with Crippen molar-refractivity contribution < 1.29 is 19.4 Å². The smallest absolute Gasteiger partial charge is 0.336 e. The molecule has 0 aromatic heterocycles. The third-order valence-corrected chi connectivity index (χ3v) is 3.64. The summed E-state index contributed by atoms with van der Waals surface area (Å²) < 4.78 is 10.7. The highest BCUT2D eigenvalue weighted by atomic mass is 35.5. The number of hydrogen-bond acceptors (Lipinski definition) is 3. The minimum absolute atomic E-state index is 0.159. The number of hydrogen-bond donors (Lipinski definition) is 1. The fraction of sp³-hybridized carbons (Fsp3) is 0.211. The van der Waals surface area contributed by atoms with Crippen LogP contribution in [0.15, 0.2) is 42.5 Å². The van der Waals surface area contributed by atoms with Gasteiger partial charge < -0.3 is 14.6 Å². The summed E-state index contributed by atoms with van der Waals surface area (Å²) in [5.41, 5.74) is 1.40. The molecular weight excluding hydrogens is 328 g/mol. The van der Waals surface area contributed by atoms with E-state index in [4.69, 9.17) is 21.1 Å². The normalized spacial score (nSPS) is 11.2. The van der Waals surface area contributed by atoms with Crippen molar-refractivity contribution in [2.75, 3.05) is 13.7 Å². The maximum atomic E-state index is 11.6. The van der Waals surface area contributed by atoms with Gasteiger partial charge in [0.1, 0.15) is 11.5 Å². The Morgan fingerprint density at radius 2 is 2.04 bits per heavy atom. The van der Waals surface area contributed by atoms with E-state index >= 15 is 0 Å². The summed E-state index contributed by atoms with van der Waals surface area (Å²) in [5.74, 6) is 0.167. The van der Waals surface area contributed by atoms with E-state index in [9.17, 15) is 9.90 Å². The number of carboxylic acids is 1. The number of carbonyl (C=O) groups is 1. The molecule has 24 heavy (non-hydrogen) atoms. The Labute approximate surface area is 146 Å². The number of halogens is 1. The summed E-state index contributed by atoms with van der Waals surface area (Å²) in [4.78, 5) is 11.6. The van der Waals surface area contributed by atoms with Crippen molar-refractivity contribution in [1.29, 1.82) is 0 Å². The molecule has 2 aromatic carbocycles. The predicted molar refractivity (Wildman–Crippen MR) is 95.7 cm³/mol. The molecule has 126 valence electrons. The molecule has 0 heterocycles. The molecule has 0 aliphatic rings. The lowest BCUT2D eigenvalue weighted by molar-refractivity contribution is -0.130. The van der Waals surface area contributed by atoms with E-state index < -0.39 is 5.97 Å². The molecule has 0 bridgehead atoms. The molecule has 0 aliphatic carbocycles. The Bertz CT molecular complexity index is 753. The quantitative estimate of drug-likeness (QED) is 0.580. The van der Waals surface area contributed by atoms with E-state index in [1.165, 1.54) is 7.11 Å². The zero-order valence-electron chi connectivity index (χ0n) is 13.6. The number of methoxy groups -OCH3 is 1. The second-order valence-corrected chi connectivity index (χ2v) is 5.54. The van der Waals surface area contributed by atoms with Gasteiger partial charge in [-0.1, -0.05) is 36.7 Å². The van der Waals surface area contributed by atoms with Crippen molar-refractivity contribution in [3.8, 4) is 11.5 Å². The van der Waals surface area contributed by atoms with E-state index in [0.717, 1.165) is 6.42 Å². The van der Waals surface area contributed by atoms with E-state index in [2.05, 4.69) is 0 Å². The second-order valence-electron chi connectivity index (χ2n) is 5.13. The maximum Gasteiger partial charge on any atom is 0.336 e. The topological polar surface area (TPSA) is 55.8 Å². The van der Waals surface area contributed by atoms with E-state index in [1.807, 2.05) is 6.92 Å². The van der Waals surface area contributed by atoms with Crippen molar-refractivity contribution in [2.45, 2.75) is 13.3 Å². The van der Waals surface area contributed by atoms with Crippen molar-refractivity contribution in [3.63, 3.8) is 0 Å². The molecule has 0 unspecified atom stereocenters. The minimum atomic E-state index is -1.02. The lowest BCUT2D eigenvalue weighted by atomic mass is 10.0. The van der Waals surface area contributed by atoms with Gasteiger partial charge >= 0.3 is 5.97 Å². The number of ether oxygens (including phenoxy) is 2. The molecule has 4 nitrogen and oxygen atoms in total. The van der Waals surface area contributed by atoms with E-state index in [0.29, 0.717) is 34.3 Å². The first-order valence-electron chi connectivity index (χ1n) is 7.57. The van der Waals surface area contributed by atoms with Crippen molar-refractivity contribution >= 4 is 29.2 Å². The average molecular weight is 347 g/mol. The molecule has 0 fully saturated rings. The highest BCUT2D eigenvalue weighted by Crippen LogP contribution is 2.28. The second kappa shape index (κ2) is 8.41. The molecule has 1 N–H and O–H groups in total. The van der Waals surface area contributed by atoms with Crippen LogP contribution in [0.5, 0.6) is 11.5 Å². The van der Waals surface area contributed by atoms with Crippen LogP contribution in [0.25, 0.3) is 11.6 Å². The largest absolute Gasteiger partial charge is 0.497 e. The highest BCUT2D eigenvalue weighted by Gasteiger charge is 2.12. The minimum Gasteiger partial charge on any atom is -0.497 e. The standard InChI is InChI=1S/C19H19ClO4/c1-3-9-24-18-8-7-13(11-17(18)20)10-16(19(21)22)14-5-4-6-15(12-14)23-2/h4-8,10-12H,3,9H2,1-2H3,(H,21,22)/b16-10-. The number of carboxylic acid groups (broad SMARTS) is 1. The van der Waals surface area contributed by atoms with Gasteiger partial charge in [-0.3, -0.25) is 0 Å². The Kier molecular flexibility index (Phi) is 6.27. The Morgan fingerprint density at radius 3 is 2.67 bits per heavy atom. The van der Waals surface area contributed by atoms with Gasteiger partial charge in [0.25, 0.3) is 0 Å². The molecule has 0 saturated carbocycles. The summed E-state index contributed by atoms with van der Waals surface area (Å²) in [6, 6.07) is 12.1. The third-order valence-electron chi connectivity index (χ3n) is 3.34. The summed E-state index contributed by atoms with van der Waals surface area (Å²) in [5, 5.41) is 9.98. The van der Waals surface area contributed by atoms with Crippen LogP contribution in [0.2, 0.25) is 5.02 Å². The Hall–Kier alpha value is -2.46. The van der Waals surface area contributed by atoms with Gasteiger partial charge in [-0.2, -0.15) is 0 Å². The molecule has 5 heteroatoms. The molecule has 0 spiro atoms. The first-order chi connectivity index (χ1) is 11.5. The molecule has 0 amide bonds. The average Bonchev–Trinajstić information content (AvgIpc) is 2.58. The summed E-state index contributed by atoms with van der Waals surface area (Å²) in [6.45, 7) is 2.59. The van der Waals surface area contributed by atoms with Crippen LogP contribution in [0.4, 0.5) is 0 Å². The molecule has 0 aliphatic heterocycles. The van der Waals surface area contributed by atoms with Gasteiger partial charge in [0, 0.05) is 0 Å². The van der Waals surface area contributed by atoms with Crippen molar-refractivity contribution in [1.82, 2.24) is 0 Å². The van der Waals surface area contributed by atoms with Gasteiger partial charge in [0.15, 0.2) is 0 Å². The SMILES string of the molecule is CCCOc1ccc(/C=C(\C(=O)O)c2cccc(OC)c2)cc1Cl. The number of benzene rings is 2. The van der Waals surface area contributed by atoms with Crippen LogP contribution in [-0.4, -0.2) is 24.8 Å². The Balaban J connectivity index is 2.37. The van der Waals surface area contributed by atoms with Gasteiger partial charge in [-0.05, 0) is 47.9 Å². The summed E-state index contributed by atoms with van der Waals surface area (Å²) in [7, 11) is 1.54. The first kappa shape index (κ1) is 17.9. The Morgan fingerprint density at radius 1 is 1.25 bits per heavy atom. The van der Waals surface area contributed by atoms with Gasteiger partial charge in [0.2, 0.25) is 0 Å². The zero-order valence-corrected chi connectivity index (χ0v) is 14.3. The zero-order chi connectivity index (χ0) is 17.5. The molecule has 0 atom stereocenters. The molecule has 2 rings (SSSR count). The van der Waals surface area contributed by atoms with Crippen LogP contribution >= 0.6 is 11.6 Å². The molecule has 0 saturated heterocycles. The predicted octanol–water partition coefficient (Wildman–Crippen LogP) is 4.76. The van der Waals surface area contributed by atoms with Crippen LogP contribution in [0.1, 0.15) is 24.5 Å². The van der Waals surface area contributed by atoms with E-state index in [1.54, 1.807) is 48.5 Å².